The first-order valence-corrected chi connectivity index (χ1v) is 16.7. The minimum Gasteiger partial charge on any atom is -0.354 e. The van der Waals surface area contributed by atoms with Crippen molar-refractivity contribution in [2.24, 2.45) is 11.8 Å². The molecule has 0 aromatic carbocycles. The highest BCUT2D eigenvalue weighted by molar-refractivity contribution is 5.93. The lowest BCUT2D eigenvalue weighted by molar-refractivity contribution is -0.141. The molecule has 1 aromatic heterocycles. The molecule has 8 nitrogen and oxygen atoms in total. The highest BCUT2D eigenvalue weighted by atomic mass is 16.2. The zero-order valence-corrected chi connectivity index (χ0v) is 25.4. The molecule has 1 spiro atoms. The molecule has 4 aliphatic rings. The molecule has 0 unspecified atom stereocenters. The number of unbranched alkanes of at least 4 members (excludes halogenated alkanes) is 1. The third-order valence-electron chi connectivity index (χ3n) is 10.6. The van der Waals surface area contributed by atoms with Crippen molar-refractivity contribution in [1.82, 2.24) is 25.4 Å². The number of hydrogen-bond acceptors (Lipinski definition) is 4. The van der Waals surface area contributed by atoms with E-state index in [9.17, 15) is 14.4 Å². The van der Waals surface area contributed by atoms with E-state index in [0.29, 0.717) is 31.5 Å². The Morgan fingerprint density at radius 1 is 0.902 bits per heavy atom. The van der Waals surface area contributed by atoms with Crippen LogP contribution in [0.1, 0.15) is 125 Å². The molecule has 5 rings (SSSR count). The van der Waals surface area contributed by atoms with Crippen LogP contribution in [0.5, 0.6) is 0 Å². The van der Waals surface area contributed by atoms with Crippen molar-refractivity contribution >= 4 is 17.7 Å². The summed E-state index contributed by atoms with van der Waals surface area (Å²) in [7, 11) is 0. The molecule has 0 atom stereocenters. The van der Waals surface area contributed by atoms with Crippen molar-refractivity contribution in [3.63, 3.8) is 0 Å². The van der Waals surface area contributed by atoms with Gasteiger partial charge in [0.25, 0.3) is 5.91 Å². The van der Waals surface area contributed by atoms with E-state index in [4.69, 9.17) is 0 Å². The molecule has 1 saturated carbocycles. The maximum Gasteiger partial charge on any atom is 0.267 e. The normalized spacial score (nSPS) is 22.5. The largest absolute Gasteiger partial charge is 0.354 e. The highest BCUT2D eigenvalue weighted by Gasteiger charge is 2.38. The summed E-state index contributed by atoms with van der Waals surface area (Å²) in [5, 5.41) is 6.83. The summed E-state index contributed by atoms with van der Waals surface area (Å²) in [6.07, 6.45) is 17.4. The molecule has 1 aromatic rings. The topological polar surface area (TPSA) is 97.5 Å². The van der Waals surface area contributed by atoms with E-state index in [0.717, 1.165) is 70.4 Å². The molecular formula is C33H53N5O3. The van der Waals surface area contributed by atoms with Gasteiger partial charge in [-0.05, 0) is 62.5 Å². The Labute approximate surface area is 246 Å². The number of nitrogens with one attached hydrogen (secondary N) is 3. The molecule has 3 N–H and O–H groups in total. The summed E-state index contributed by atoms with van der Waals surface area (Å²) in [5.41, 5.74) is 3.49. The molecule has 0 bridgehead atoms. The molecule has 8 heteroatoms. The first kappa shape index (κ1) is 30.1. The van der Waals surface area contributed by atoms with Crippen LogP contribution in [0.25, 0.3) is 0 Å². The van der Waals surface area contributed by atoms with E-state index in [1.807, 2.05) is 4.90 Å². The van der Waals surface area contributed by atoms with Crippen LogP contribution < -0.4 is 10.6 Å². The number of piperidine rings is 2. The molecule has 3 amide bonds. The Morgan fingerprint density at radius 2 is 1.56 bits per heavy atom. The third-order valence-corrected chi connectivity index (χ3v) is 10.6. The van der Waals surface area contributed by atoms with E-state index < -0.39 is 0 Å². The number of fused-ring (bicyclic) bond motifs is 2. The first-order valence-electron chi connectivity index (χ1n) is 16.7. The van der Waals surface area contributed by atoms with Crippen molar-refractivity contribution in [2.75, 3.05) is 39.3 Å². The fraction of sp³-hybridized carbons (Fsp3) is 0.788. The van der Waals surface area contributed by atoms with Gasteiger partial charge in [0.2, 0.25) is 11.8 Å². The zero-order chi connectivity index (χ0) is 28.7. The summed E-state index contributed by atoms with van der Waals surface area (Å²) < 4.78 is 0. The van der Waals surface area contributed by atoms with Gasteiger partial charge in [0.15, 0.2) is 0 Å². The number of likely N-dealkylation sites (tertiary alicyclic amines) is 2. The number of hydrogen-bond donors (Lipinski definition) is 3. The van der Waals surface area contributed by atoms with Gasteiger partial charge in [0.05, 0.1) is 0 Å². The van der Waals surface area contributed by atoms with Crippen LogP contribution in [0.2, 0.25) is 0 Å². The number of nitrogens with zero attached hydrogens (tertiary/aromatic N) is 2. The molecular weight excluding hydrogens is 514 g/mol. The number of carbonyl (C=O) groups excluding carboxylic acids is 3. The van der Waals surface area contributed by atoms with Gasteiger partial charge in [-0.15, -0.1) is 0 Å². The van der Waals surface area contributed by atoms with Crippen molar-refractivity contribution in [2.45, 2.75) is 115 Å². The summed E-state index contributed by atoms with van der Waals surface area (Å²) in [4.78, 5) is 45.1. The second-order valence-electron chi connectivity index (χ2n) is 13.4. The van der Waals surface area contributed by atoms with Gasteiger partial charge in [-0.3, -0.25) is 14.4 Å². The van der Waals surface area contributed by atoms with Crippen LogP contribution in [0.4, 0.5) is 0 Å². The smallest absolute Gasteiger partial charge is 0.267 e. The van der Waals surface area contributed by atoms with E-state index in [1.165, 1.54) is 69.0 Å². The van der Waals surface area contributed by atoms with Crippen molar-refractivity contribution in [1.29, 1.82) is 0 Å². The fourth-order valence-corrected chi connectivity index (χ4v) is 7.94. The van der Waals surface area contributed by atoms with Crippen LogP contribution in [-0.4, -0.2) is 71.8 Å². The fourth-order valence-electron chi connectivity index (χ4n) is 7.94. The van der Waals surface area contributed by atoms with E-state index >= 15 is 0 Å². The predicted molar refractivity (Wildman–Crippen MR) is 162 cm³/mol. The van der Waals surface area contributed by atoms with Crippen LogP contribution in [0, 0.1) is 11.8 Å². The average Bonchev–Trinajstić information content (AvgIpc) is 3.48. The Hall–Kier alpha value is -2.35. The van der Waals surface area contributed by atoms with Crippen LogP contribution >= 0.6 is 0 Å². The molecule has 2 saturated heterocycles. The van der Waals surface area contributed by atoms with Gasteiger partial charge in [0, 0.05) is 69.8 Å². The second kappa shape index (κ2) is 14.2. The minimum atomic E-state index is 0.0265. The Balaban J connectivity index is 1.00. The lowest BCUT2D eigenvalue weighted by Crippen LogP contribution is -2.46. The SMILES string of the molecule is CC(=O)N1CCC(C(=O)N2CCC(CCCCNC(=O)c3cc4c([nH]3)C3(CCCCCCCC3)CNC4)CC2)CC1. The minimum absolute atomic E-state index is 0.0265. The summed E-state index contributed by atoms with van der Waals surface area (Å²) in [5.74, 6) is 1.19. The molecule has 0 radical (unpaired) electrons. The zero-order valence-electron chi connectivity index (χ0n) is 25.4. The Morgan fingerprint density at radius 3 is 2.24 bits per heavy atom. The molecule has 41 heavy (non-hydrogen) atoms. The predicted octanol–water partition coefficient (Wildman–Crippen LogP) is 4.89. The summed E-state index contributed by atoms with van der Waals surface area (Å²) >= 11 is 0. The van der Waals surface area contributed by atoms with Crippen LogP contribution in [0.3, 0.4) is 0 Å². The van der Waals surface area contributed by atoms with E-state index in [-0.39, 0.29) is 23.1 Å². The van der Waals surface area contributed by atoms with Gasteiger partial charge in [0.1, 0.15) is 5.69 Å². The van der Waals surface area contributed by atoms with Crippen LogP contribution in [0.15, 0.2) is 6.07 Å². The van der Waals surface area contributed by atoms with Gasteiger partial charge < -0.3 is 25.4 Å². The maximum atomic E-state index is 13.0. The molecule has 4 heterocycles. The molecule has 3 aliphatic heterocycles. The number of amides is 3. The number of aromatic amines is 1. The molecule has 228 valence electrons. The Bertz CT molecular complexity index is 1030. The van der Waals surface area contributed by atoms with Crippen molar-refractivity contribution < 1.29 is 14.4 Å². The van der Waals surface area contributed by atoms with Gasteiger partial charge in [-0.1, -0.05) is 51.4 Å². The van der Waals surface area contributed by atoms with Gasteiger partial charge >= 0.3 is 0 Å². The van der Waals surface area contributed by atoms with Gasteiger partial charge in [-0.25, -0.2) is 0 Å². The third kappa shape index (κ3) is 7.54. The molecule has 1 aliphatic carbocycles. The van der Waals surface area contributed by atoms with E-state index in [1.54, 1.807) is 6.92 Å². The van der Waals surface area contributed by atoms with E-state index in [2.05, 4.69) is 26.6 Å². The van der Waals surface area contributed by atoms with Crippen molar-refractivity contribution in [3.05, 3.63) is 23.0 Å². The summed E-state index contributed by atoms with van der Waals surface area (Å²) in [6, 6.07) is 2.09. The number of H-pyrrole nitrogens is 1. The van der Waals surface area contributed by atoms with Crippen LogP contribution in [-0.2, 0) is 21.5 Å². The lowest BCUT2D eigenvalue weighted by Gasteiger charge is -2.38. The standard InChI is InChI=1S/C33H53N5O3/c1-25(39)37-20-13-27(14-21-37)32(41)38-18-11-26(12-19-38)10-6-9-17-35-31(40)29-22-28-23-34-24-33(30(28)36-29)15-7-4-2-3-5-8-16-33/h22,26-27,34,36H,2-21,23-24H2,1H3,(H,35,40). The monoisotopic (exact) mass is 567 g/mol. The number of aromatic nitrogens is 1. The quantitative estimate of drug-likeness (QED) is 0.409. The number of rotatable bonds is 7. The van der Waals surface area contributed by atoms with Gasteiger partial charge in [-0.2, -0.15) is 0 Å². The number of carbonyl (C=O) groups is 3. The summed E-state index contributed by atoms with van der Waals surface area (Å²) in [6.45, 7) is 7.34. The maximum absolute atomic E-state index is 13.0. The molecule has 3 fully saturated rings. The average molecular weight is 568 g/mol. The first-order chi connectivity index (χ1) is 19.9. The second-order valence-corrected chi connectivity index (χ2v) is 13.4. The van der Waals surface area contributed by atoms with Crippen molar-refractivity contribution in [3.8, 4) is 0 Å². The highest BCUT2D eigenvalue weighted by Crippen LogP contribution is 2.40. The Kier molecular flexibility index (Phi) is 10.4. The lowest BCUT2D eigenvalue weighted by atomic mass is 9.73.